The molecular weight excluding hydrogens is 270 g/mol. The lowest BCUT2D eigenvalue weighted by Gasteiger charge is -2.10. The van der Waals surface area contributed by atoms with Gasteiger partial charge in [0.1, 0.15) is 0 Å². The Morgan fingerprint density at radius 1 is 1.35 bits per heavy atom. The molecule has 0 spiro atoms. The van der Waals surface area contributed by atoms with Crippen LogP contribution in [0.15, 0.2) is 42.0 Å². The number of hydrogen-bond acceptors (Lipinski definition) is 3. The molecule has 5 heteroatoms. The number of benzene rings is 1. The Hall–Kier alpha value is -2.14. The number of fused-ring (bicyclic) bond motifs is 1. The first-order chi connectivity index (χ1) is 9.66. The number of thiazole rings is 1. The van der Waals surface area contributed by atoms with E-state index in [0.29, 0.717) is 16.7 Å². The molecule has 0 fully saturated rings. The van der Waals surface area contributed by atoms with Gasteiger partial charge < -0.3 is 4.57 Å². The highest BCUT2D eigenvalue weighted by Crippen LogP contribution is 2.24. The summed E-state index contributed by atoms with van der Waals surface area (Å²) in [5.74, 6) is -0.118. The van der Waals surface area contributed by atoms with Crippen molar-refractivity contribution in [2.75, 3.05) is 5.32 Å². The topological polar surface area (TPSA) is 46.9 Å². The normalized spacial score (nSPS) is 11.2. The van der Waals surface area contributed by atoms with Crippen molar-refractivity contribution in [3.05, 3.63) is 47.6 Å². The van der Waals surface area contributed by atoms with E-state index >= 15 is 0 Å². The molecule has 102 valence electrons. The van der Waals surface area contributed by atoms with Crippen molar-refractivity contribution in [2.45, 2.75) is 19.9 Å². The van der Waals surface area contributed by atoms with Gasteiger partial charge in [0.25, 0.3) is 5.91 Å². The van der Waals surface area contributed by atoms with E-state index in [1.54, 1.807) is 6.20 Å². The largest absolute Gasteiger partial charge is 0.345 e. The van der Waals surface area contributed by atoms with E-state index in [0.717, 1.165) is 10.9 Å². The molecule has 2 heterocycles. The minimum Gasteiger partial charge on any atom is -0.345 e. The molecule has 3 rings (SSSR count). The van der Waals surface area contributed by atoms with Gasteiger partial charge in [-0.2, -0.15) is 0 Å². The van der Waals surface area contributed by atoms with Gasteiger partial charge in [0.2, 0.25) is 0 Å². The van der Waals surface area contributed by atoms with Crippen LogP contribution in [0.4, 0.5) is 5.13 Å². The molecule has 1 aromatic carbocycles. The second-order valence-corrected chi connectivity index (χ2v) is 5.74. The number of rotatable bonds is 3. The molecule has 0 unspecified atom stereocenters. The molecule has 0 aliphatic carbocycles. The lowest BCUT2D eigenvalue weighted by molar-refractivity contribution is 0.102. The average Bonchev–Trinajstić information content (AvgIpc) is 3.06. The van der Waals surface area contributed by atoms with Crippen LogP contribution in [-0.2, 0) is 0 Å². The van der Waals surface area contributed by atoms with Gasteiger partial charge in [-0.15, -0.1) is 11.3 Å². The van der Waals surface area contributed by atoms with E-state index in [1.807, 2.05) is 35.8 Å². The van der Waals surface area contributed by atoms with Crippen LogP contribution in [0, 0.1) is 0 Å². The molecule has 1 N–H and O–H groups in total. The fraction of sp³-hybridized carbons (Fsp3) is 0.200. The van der Waals surface area contributed by atoms with Crippen molar-refractivity contribution in [3.63, 3.8) is 0 Å². The summed E-state index contributed by atoms with van der Waals surface area (Å²) in [5.41, 5.74) is 1.75. The number of carbonyl (C=O) groups is 1. The third kappa shape index (κ3) is 2.20. The fourth-order valence-corrected chi connectivity index (χ4v) is 2.81. The van der Waals surface area contributed by atoms with Crippen molar-refractivity contribution in [1.82, 2.24) is 9.55 Å². The predicted octanol–water partition coefficient (Wildman–Crippen LogP) is 3.93. The van der Waals surface area contributed by atoms with Gasteiger partial charge in [0, 0.05) is 40.3 Å². The number of nitrogens with zero attached hydrogens (tertiary/aromatic N) is 2. The Labute approximate surface area is 121 Å². The first kappa shape index (κ1) is 12.9. The van der Waals surface area contributed by atoms with Crippen LogP contribution < -0.4 is 5.32 Å². The summed E-state index contributed by atoms with van der Waals surface area (Å²) in [5, 5.41) is 6.26. The molecule has 4 nitrogen and oxygen atoms in total. The summed E-state index contributed by atoms with van der Waals surface area (Å²) < 4.78 is 2.16. The van der Waals surface area contributed by atoms with Gasteiger partial charge in [-0.05, 0) is 32.0 Å². The molecule has 20 heavy (non-hydrogen) atoms. The number of carbonyl (C=O) groups excluding carboxylic acids is 1. The maximum Gasteiger partial charge on any atom is 0.258 e. The number of anilines is 1. The minimum absolute atomic E-state index is 0.118. The quantitative estimate of drug-likeness (QED) is 0.792. The minimum atomic E-state index is -0.118. The van der Waals surface area contributed by atoms with Crippen LogP contribution in [0.25, 0.3) is 10.9 Å². The molecule has 0 atom stereocenters. The highest BCUT2D eigenvalue weighted by atomic mass is 32.1. The zero-order valence-corrected chi connectivity index (χ0v) is 12.1. The molecule has 2 aromatic heterocycles. The first-order valence-electron chi connectivity index (χ1n) is 6.47. The van der Waals surface area contributed by atoms with Gasteiger partial charge in [-0.1, -0.05) is 6.07 Å². The number of hydrogen-bond donors (Lipinski definition) is 1. The van der Waals surface area contributed by atoms with Crippen molar-refractivity contribution < 1.29 is 4.79 Å². The van der Waals surface area contributed by atoms with E-state index in [1.165, 1.54) is 11.3 Å². The van der Waals surface area contributed by atoms with Crippen molar-refractivity contribution in [3.8, 4) is 0 Å². The van der Waals surface area contributed by atoms with Gasteiger partial charge in [-0.3, -0.25) is 10.1 Å². The SMILES string of the molecule is CC(C)n1ccc2c(C(=O)Nc3nccs3)cccc21. The van der Waals surface area contributed by atoms with Crippen LogP contribution >= 0.6 is 11.3 Å². The third-order valence-corrected chi connectivity index (χ3v) is 3.91. The van der Waals surface area contributed by atoms with E-state index in [-0.39, 0.29) is 5.91 Å². The third-order valence-electron chi connectivity index (χ3n) is 3.22. The average molecular weight is 285 g/mol. The van der Waals surface area contributed by atoms with E-state index in [2.05, 4.69) is 28.7 Å². The zero-order chi connectivity index (χ0) is 14.1. The number of amides is 1. The molecule has 0 saturated carbocycles. The Morgan fingerprint density at radius 3 is 2.90 bits per heavy atom. The highest BCUT2D eigenvalue weighted by molar-refractivity contribution is 7.13. The Kier molecular flexibility index (Phi) is 3.28. The molecule has 3 aromatic rings. The summed E-state index contributed by atoms with van der Waals surface area (Å²) >= 11 is 1.41. The smallest absolute Gasteiger partial charge is 0.258 e. The van der Waals surface area contributed by atoms with Crippen molar-refractivity contribution in [1.29, 1.82) is 0 Å². The second kappa shape index (κ2) is 5.09. The van der Waals surface area contributed by atoms with E-state index in [4.69, 9.17) is 0 Å². The first-order valence-corrected chi connectivity index (χ1v) is 7.35. The molecule has 0 radical (unpaired) electrons. The standard InChI is InChI=1S/C15H15N3OS/c1-10(2)18-8-6-11-12(4-3-5-13(11)18)14(19)17-15-16-7-9-20-15/h3-10H,1-2H3,(H,16,17,19). The lowest BCUT2D eigenvalue weighted by Crippen LogP contribution is -2.12. The lowest BCUT2D eigenvalue weighted by atomic mass is 10.1. The molecule has 0 aliphatic heterocycles. The van der Waals surface area contributed by atoms with E-state index in [9.17, 15) is 4.79 Å². The van der Waals surface area contributed by atoms with Crippen LogP contribution in [0.3, 0.4) is 0 Å². The molecule has 0 saturated heterocycles. The Balaban J connectivity index is 2.01. The maximum absolute atomic E-state index is 12.4. The zero-order valence-electron chi connectivity index (χ0n) is 11.3. The van der Waals surface area contributed by atoms with Crippen LogP contribution in [-0.4, -0.2) is 15.5 Å². The Morgan fingerprint density at radius 2 is 2.20 bits per heavy atom. The van der Waals surface area contributed by atoms with Crippen LogP contribution in [0.2, 0.25) is 0 Å². The van der Waals surface area contributed by atoms with E-state index < -0.39 is 0 Å². The fourth-order valence-electron chi connectivity index (χ4n) is 2.29. The molecule has 0 bridgehead atoms. The van der Waals surface area contributed by atoms with Crippen molar-refractivity contribution in [2.24, 2.45) is 0 Å². The van der Waals surface area contributed by atoms with Crippen LogP contribution in [0.1, 0.15) is 30.2 Å². The molecule has 0 aliphatic rings. The summed E-state index contributed by atoms with van der Waals surface area (Å²) in [7, 11) is 0. The maximum atomic E-state index is 12.4. The predicted molar refractivity (Wildman–Crippen MR) is 82.4 cm³/mol. The number of aromatic nitrogens is 2. The van der Waals surface area contributed by atoms with Crippen LogP contribution in [0.5, 0.6) is 0 Å². The highest BCUT2D eigenvalue weighted by Gasteiger charge is 2.14. The molecular formula is C15H15N3OS. The van der Waals surface area contributed by atoms with Gasteiger partial charge >= 0.3 is 0 Å². The number of nitrogens with one attached hydrogen (secondary N) is 1. The summed E-state index contributed by atoms with van der Waals surface area (Å²) in [6.07, 6.45) is 3.70. The monoisotopic (exact) mass is 285 g/mol. The summed E-state index contributed by atoms with van der Waals surface area (Å²) in [6, 6.07) is 8.15. The molecule has 1 amide bonds. The second-order valence-electron chi connectivity index (χ2n) is 4.85. The summed E-state index contributed by atoms with van der Waals surface area (Å²) in [6.45, 7) is 4.25. The summed E-state index contributed by atoms with van der Waals surface area (Å²) in [4.78, 5) is 16.4. The van der Waals surface area contributed by atoms with Gasteiger partial charge in [0.05, 0.1) is 0 Å². The van der Waals surface area contributed by atoms with Gasteiger partial charge in [-0.25, -0.2) is 4.98 Å². The van der Waals surface area contributed by atoms with Gasteiger partial charge in [0.15, 0.2) is 5.13 Å². The van der Waals surface area contributed by atoms with Crippen molar-refractivity contribution >= 4 is 33.3 Å². The Bertz CT molecular complexity index is 744.